The highest BCUT2D eigenvalue weighted by atomic mass is 32.2. The lowest BCUT2D eigenvalue weighted by atomic mass is 9.99. The van der Waals surface area contributed by atoms with E-state index < -0.39 is 57.5 Å². The summed E-state index contributed by atoms with van der Waals surface area (Å²) in [6, 6.07) is 12.0. The number of benzene rings is 2. The molecule has 2 aromatic carbocycles. The molecular weight excluding hydrogens is 488 g/mol. The van der Waals surface area contributed by atoms with E-state index in [1.807, 2.05) is 6.92 Å². The second-order valence-corrected chi connectivity index (χ2v) is 11.0. The first kappa shape index (κ1) is 26.7. The van der Waals surface area contributed by atoms with Gasteiger partial charge in [0.15, 0.2) is 6.29 Å². The molecule has 0 amide bonds. The topological polar surface area (TPSA) is 135 Å². The number of rotatable bonds is 9. The van der Waals surface area contributed by atoms with Gasteiger partial charge in [0, 0.05) is 14.2 Å². The lowest BCUT2D eigenvalue weighted by Crippen LogP contribution is -2.61. The van der Waals surface area contributed by atoms with Gasteiger partial charge in [0.05, 0.1) is 16.4 Å². The highest BCUT2D eigenvalue weighted by Crippen LogP contribution is 2.30. The molecule has 188 valence electrons. The average molecular weight is 517 g/mol. The molecule has 34 heavy (non-hydrogen) atoms. The van der Waals surface area contributed by atoms with Crippen LogP contribution in [0.5, 0.6) is 0 Å². The Bertz CT molecular complexity index is 1160. The quantitative estimate of drug-likeness (QED) is 0.489. The van der Waals surface area contributed by atoms with Crippen molar-refractivity contribution < 1.29 is 44.5 Å². The maximum atomic E-state index is 13.0. The van der Waals surface area contributed by atoms with Crippen molar-refractivity contribution in [1.82, 2.24) is 0 Å². The van der Waals surface area contributed by atoms with E-state index in [-0.39, 0.29) is 9.79 Å². The third kappa shape index (κ3) is 6.01. The van der Waals surface area contributed by atoms with Gasteiger partial charge in [-0.1, -0.05) is 35.4 Å². The smallest absolute Gasteiger partial charge is 0.297 e. The van der Waals surface area contributed by atoms with Crippen LogP contribution in [0.2, 0.25) is 0 Å². The minimum atomic E-state index is -4.31. The molecule has 12 heteroatoms. The first-order chi connectivity index (χ1) is 16.0. The highest BCUT2D eigenvalue weighted by Gasteiger charge is 2.49. The molecule has 0 radical (unpaired) electrons. The van der Waals surface area contributed by atoms with Crippen molar-refractivity contribution in [2.45, 2.75) is 54.3 Å². The third-order valence-electron chi connectivity index (χ3n) is 5.40. The van der Waals surface area contributed by atoms with Crippen molar-refractivity contribution in [1.29, 1.82) is 0 Å². The summed E-state index contributed by atoms with van der Waals surface area (Å²) in [5.74, 6) is 0. The minimum Gasteiger partial charge on any atom is -0.376 e. The molecule has 1 aliphatic heterocycles. The van der Waals surface area contributed by atoms with Crippen molar-refractivity contribution >= 4 is 20.2 Å². The van der Waals surface area contributed by atoms with Crippen LogP contribution in [0, 0.1) is 13.8 Å². The highest BCUT2D eigenvalue weighted by molar-refractivity contribution is 7.87. The van der Waals surface area contributed by atoms with Gasteiger partial charge in [-0.15, -0.1) is 0 Å². The number of aliphatic hydroxyl groups is 1. The maximum Gasteiger partial charge on any atom is 0.297 e. The Morgan fingerprint density at radius 2 is 1.24 bits per heavy atom. The summed E-state index contributed by atoms with van der Waals surface area (Å²) in [4.78, 5) is -0.197. The first-order valence-electron chi connectivity index (χ1n) is 10.3. The van der Waals surface area contributed by atoms with Gasteiger partial charge in [-0.2, -0.15) is 16.8 Å². The Kier molecular flexibility index (Phi) is 8.47. The van der Waals surface area contributed by atoms with Crippen LogP contribution in [0.1, 0.15) is 11.1 Å². The minimum absolute atomic E-state index is 0.0859. The van der Waals surface area contributed by atoms with E-state index in [1.54, 1.807) is 31.2 Å². The van der Waals surface area contributed by atoms with Crippen LogP contribution >= 0.6 is 0 Å². The number of ether oxygens (including phenoxy) is 3. The van der Waals surface area contributed by atoms with E-state index in [0.717, 1.165) is 11.1 Å². The molecule has 0 unspecified atom stereocenters. The van der Waals surface area contributed by atoms with E-state index in [4.69, 9.17) is 22.6 Å². The lowest BCUT2D eigenvalue weighted by Gasteiger charge is -2.42. The number of hydrogen-bond donors (Lipinski definition) is 1. The molecule has 1 heterocycles. The summed E-state index contributed by atoms with van der Waals surface area (Å²) in [7, 11) is -5.95. The third-order valence-corrected chi connectivity index (χ3v) is 8.02. The van der Waals surface area contributed by atoms with Crippen molar-refractivity contribution in [2.75, 3.05) is 20.8 Å². The Balaban J connectivity index is 1.88. The molecule has 1 saturated heterocycles. The fourth-order valence-corrected chi connectivity index (χ4v) is 5.53. The van der Waals surface area contributed by atoms with Gasteiger partial charge < -0.3 is 19.3 Å². The molecule has 0 aliphatic carbocycles. The van der Waals surface area contributed by atoms with Gasteiger partial charge in [0.25, 0.3) is 20.2 Å². The molecular formula is C22H28O10S2. The van der Waals surface area contributed by atoms with Crippen molar-refractivity contribution in [2.24, 2.45) is 0 Å². The fourth-order valence-electron chi connectivity index (χ4n) is 3.50. The van der Waals surface area contributed by atoms with Gasteiger partial charge >= 0.3 is 0 Å². The van der Waals surface area contributed by atoms with Crippen LogP contribution in [0.3, 0.4) is 0 Å². The standard InChI is InChI=1S/C22H28O10S2/c1-14-5-9-16(10-6-14)33(24,25)30-13-18-19(20(28-3)21(29-4)22(23)31-18)32-34(26,27)17-11-7-15(2)8-12-17/h5-12,18-23H,13H2,1-4H3/t18-,19-,20+,21-,22+/m1/s1. The summed E-state index contributed by atoms with van der Waals surface area (Å²) < 4.78 is 77.8. The molecule has 0 spiro atoms. The molecule has 1 N–H and O–H groups in total. The molecule has 3 rings (SSSR count). The number of aliphatic hydroxyl groups excluding tert-OH is 1. The largest absolute Gasteiger partial charge is 0.376 e. The summed E-state index contributed by atoms with van der Waals surface area (Å²) in [6.45, 7) is 2.97. The van der Waals surface area contributed by atoms with Crippen molar-refractivity contribution in [3.63, 3.8) is 0 Å². The van der Waals surface area contributed by atoms with Gasteiger partial charge in [0.2, 0.25) is 0 Å². The zero-order valence-corrected chi connectivity index (χ0v) is 20.8. The van der Waals surface area contributed by atoms with Gasteiger partial charge in [-0.25, -0.2) is 0 Å². The number of methoxy groups -OCH3 is 2. The molecule has 10 nitrogen and oxygen atoms in total. The predicted octanol–water partition coefficient (Wildman–Crippen LogP) is 1.53. The number of hydrogen-bond acceptors (Lipinski definition) is 10. The molecule has 5 atom stereocenters. The van der Waals surface area contributed by atoms with Crippen LogP contribution in [0.4, 0.5) is 0 Å². The van der Waals surface area contributed by atoms with Crippen LogP contribution in [0.25, 0.3) is 0 Å². The van der Waals surface area contributed by atoms with E-state index in [0.29, 0.717) is 0 Å². The van der Waals surface area contributed by atoms with Gasteiger partial charge in [-0.05, 0) is 38.1 Å². The van der Waals surface area contributed by atoms with Crippen LogP contribution < -0.4 is 0 Å². The number of aryl methyl sites for hydroxylation is 2. The van der Waals surface area contributed by atoms with Gasteiger partial charge in [-0.3, -0.25) is 8.37 Å². The Morgan fingerprint density at radius 1 is 0.765 bits per heavy atom. The summed E-state index contributed by atoms with van der Waals surface area (Å²) in [5.41, 5.74) is 1.71. The zero-order chi connectivity index (χ0) is 25.1. The second-order valence-electron chi connectivity index (χ2n) is 7.85. The first-order valence-corrected chi connectivity index (χ1v) is 13.2. The van der Waals surface area contributed by atoms with Crippen LogP contribution in [-0.2, 0) is 42.8 Å². The average Bonchev–Trinajstić information content (AvgIpc) is 2.79. The molecule has 0 aromatic heterocycles. The van der Waals surface area contributed by atoms with E-state index >= 15 is 0 Å². The van der Waals surface area contributed by atoms with Crippen molar-refractivity contribution in [3.8, 4) is 0 Å². The monoisotopic (exact) mass is 516 g/mol. The lowest BCUT2D eigenvalue weighted by molar-refractivity contribution is -0.289. The van der Waals surface area contributed by atoms with Crippen molar-refractivity contribution in [3.05, 3.63) is 59.7 Å². The van der Waals surface area contributed by atoms with Gasteiger partial charge in [0.1, 0.15) is 24.4 Å². The zero-order valence-electron chi connectivity index (χ0n) is 19.2. The molecule has 1 aliphatic rings. The van der Waals surface area contributed by atoms with Crippen LogP contribution in [0.15, 0.2) is 58.3 Å². The summed E-state index contributed by atoms with van der Waals surface area (Å²) in [5, 5.41) is 10.3. The predicted molar refractivity (Wildman–Crippen MR) is 120 cm³/mol. The Morgan fingerprint density at radius 3 is 1.71 bits per heavy atom. The maximum absolute atomic E-state index is 13.0. The van der Waals surface area contributed by atoms with Crippen LogP contribution in [-0.4, -0.2) is 73.5 Å². The fraction of sp³-hybridized carbons (Fsp3) is 0.455. The van der Waals surface area contributed by atoms with E-state index in [9.17, 15) is 21.9 Å². The summed E-state index contributed by atoms with van der Waals surface area (Å²) in [6.07, 6.45) is -6.49. The molecule has 0 saturated carbocycles. The SMILES string of the molecule is CO[C@@H]1[C@@H](OC)[C@@H](O)O[C@H](COS(=O)(=O)c2ccc(C)cc2)[C@H]1OS(=O)(=O)c1ccc(C)cc1. The molecule has 2 aromatic rings. The molecule has 0 bridgehead atoms. The van der Waals surface area contributed by atoms with E-state index in [1.165, 1.54) is 38.5 Å². The Labute approximate surface area is 199 Å². The second kappa shape index (κ2) is 10.8. The van der Waals surface area contributed by atoms with E-state index in [2.05, 4.69) is 0 Å². The normalized spacial score (nSPS) is 25.9. The summed E-state index contributed by atoms with van der Waals surface area (Å²) >= 11 is 0. The molecule has 1 fully saturated rings. The Hall–Kier alpha value is -1.90.